The third-order valence-corrected chi connectivity index (χ3v) is 5.69. The molecule has 0 radical (unpaired) electrons. The summed E-state index contributed by atoms with van der Waals surface area (Å²) in [5.74, 6) is 1.12. The molecular formula is C18H29NOS. The van der Waals surface area contributed by atoms with Gasteiger partial charge < -0.3 is 10.4 Å². The lowest BCUT2D eigenvalue weighted by molar-refractivity contribution is 0.144. The fourth-order valence-corrected chi connectivity index (χ4v) is 3.60. The molecule has 118 valence electrons. The maximum Gasteiger partial charge on any atom is 0.0613 e. The number of nitrogens with one attached hydrogen (secondary N) is 1. The van der Waals surface area contributed by atoms with Gasteiger partial charge in [-0.25, -0.2) is 0 Å². The summed E-state index contributed by atoms with van der Waals surface area (Å²) < 4.78 is 0. The van der Waals surface area contributed by atoms with Gasteiger partial charge in [-0.3, -0.25) is 0 Å². The van der Waals surface area contributed by atoms with E-state index in [1.165, 1.54) is 28.9 Å². The van der Waals surface area contributed by atoms with Crippen molar-refractivity contribution in [1.82, 2.24) is 5.32 Å². The molecular weight excluding hydrogens is 278 g/mol. The second-order valence-corrected chi connectivity index (χ2v) is 7.58. The summed E-state index contributed by atoms with van der Waals surface area (Å²) in [6.07, 6.45) is 5.77. The second kappa shape index (κ2) is 7.66. The van der Waals surface area contributed by atoms with E-state index in [0.717, 1.165) is 25.0 Å². The summed E-state index contributed by atoms with van der Waals surface area (Å²) in [7, 11) is 0. The molecule has 1 atom stereocenters. The van der Waals surface area contributed by atoms with Crippen LogP contribution in [0.2, 0.25) is 0 Å². The molecule has 1 fully saturated rings. The third kappa shape index (κ3) is 5.01. The Morgan fingerprint density at radius 1 is 1.29 bits per heavy atom. The van der Waals surface area contributed by atoms with E-state index in [1.54, 1.807) is 0 Å². The smallest absolute Gasteiger partial charge is 0.0613 e. The molecule has 1 aromatic carbocycles. The standard InChI is InChI=1S/C18H29NOS/c1-4-18(13-20,19-16-7-8-16)10-5-11-21-17-9-6-14(2)15(3)12-17/h6,9,12,16,19-20H,4-5,7-8,10-11,13H2,1-3H3. The van der Waals surface area contributed by atoms with Crippen molar-refractivity contribution < 1.29 is 5.11 Å². The van der Waals surface area contributed by atoms with Crippen LogP contribution in [0, 0.1) is 13.8 Å². The van der Waals surface area contributed by atoms with Gasteiger partial charge in [-0.15, -0.1) is 11.8 Å². The lowest BCUT2D eigenvalue weighted by atomic mass is 9.91. The first-order valence-corrected chi connectivity index (χ1v) is 9.16. The largest absolute Gasteiger partial charge is 0.394 e. The highest BCUT2D eigenvalue weighted by molar-refractivity contribution is 7.99. The maximum absolute atomic E-state index is 9.77. The summed E-state index contributed by atoms with van der Waals surface area (Å²) in [4.78, 5) is 1.36. The highest BCUT2D eigenvalue weighted by Crippen LogP contribution is 2.28. The van der Waals surface area contributed by atoms with Crippen LogP contribution in [0.15, 0.2) is 23.1 Å². The number of rotatable bonds is 9. The van der Waals surface area contributed by atoms with Crippen molar-refractivity contribution in [2.75, 3.05) is 12.4 Å². The minimum absolute atomic E-state index is 0.0507. The van der Waals surface area contributed by atoms with Gasteiger partial charge in [-0.2, -0.15) is 0 Å². The van der Waals surface area contributed by atoms with Crippen LogP contribution in [0.25, 0.3) is 0 Å². The molecule has 21 heavy (non-hydrogen) atoms. The van der Waals surface area contributed by atoms with Crippen LogP contribution in [0.3, 0.4) is 0 Å². The molecule has 1 aromatic rings. The molecule has 3 heteroatoms. The molecule has 0 heterocycles. The van der Waals surface area contributed by atoms with Crippen molar-refractivity contribution in [3.63, 3.8) is 0 Å². The lowest BCUT2D eigenvalue weighted by Gasteiger charge is -2.32. The number of aryl methyl sites for hydroxylation is 2. The van der Waals surface area contributed by atoms with Gasteiger partial charge in [0.1, 0.15) is 0 Å². The summed E-state index contributed by atoms with van der Waals surface area (Å²) in [5.41, 5.74) is 2.68. The zero-order valence-corrected chi connectivity index (χ0v) is 14.4. The molecule has 0 aromatic heterocycles. The van der Waals surface area contributed by atoms with Gasteiger partial charge in [0.2, 0.25) is 0 Å². The molecule has 0 aliphatic heterocycles. The minimum Gasteiger partial charge on any atom is -0.394 e. The van der Waals surface area contributed by atoms with Crippen molar-refractivity contribution in [3.8, 4) is 0 Å². The molecule has 0 saturated heterocycles. The van der Waals surface area contributed by atoms with E-state index < -0.39 is 0 Å². The molecule has 0 spiro atoms. The van der Waals surface area contributed by atoms with E-state index in [2.05, 4.69) is 44.3 Å². The topological polar surface area (TPSA) is 32.3 Å². The molecule has 1 unspecified atom stereocenters. The van der Waals surface area contributed by atoms with Crippen LogP contribution in [-0.2, 0) is 0 Å². The van der Waals surface area contributed by atoms with Gasteiger partial charge in [0.05, 0.1) is 6.61 Å². The van der Waals surface area contributed by atoms with Gasteiger partial charge in [-0.05, 0) is 75.0 Å². The number of thioether (sulfide) groups is 1. The highest BCUT2D eigenvalue weighted by atomic mass is 32.2. The van der Waals surface area contributed by atoms with Crippen molar-refractivity contribution >= 4 is 11.8 Å². The van der Waals surface area contributed by atoms with Crippen LogP contribution >= 0.6 is 11.8 Å². The normalized spacial score (nSPS) is 17.7. The van der Waals surface area contributed by atoms with Crippen molar-refractivity contribution in [3.05, 3.63) is 29.3 Å². The Bertz CT molecular complexity index is 453. The molecule has 2 nitrogen and oxygen atoms in total. The van der Waals surface area contributed by atoms with Crippen LogP contribution in [0.5, 0.6) is 0 Å². The molecule has 2 rings (SSSR count). The summed E-state index contributed by atoms with van der Waals surface area (Å²) >= 11 is 1.93. The molecule has 0 bridgehead atoms. The van der Waals surface area contributed by atoms with Gasteiger partial charge in [0, 0.05) is 16.5 Å². The first-order valence-electron chi connectivity index (χ1n) is 8.17. The van der Waals surface area contributed by atoms with Gasteiger partial charge in [0.15, 0.2) is 0 Å². The SMILES string of the molecule is CCC(CO)(CCCSc1ccc(C)c(C)c1)NC1CC1. The van der Waals surface area contributed by atoms with Crippen LogP contribution in [0.4, 0.5) is 0 Å². The average Bonchev–Trinajstić information content (AvgIpc) is 3.30. The first kappa shape index (κ1) is 16.9. The Labute approximate surface area is 133 Å². The van der Waals surface area contributed by atoms with E-state index in [4.69, 9.17) is 0 Å². The minimum atomic E-state index is -0.0507. The molecule has 2 N–H and O–H groups in total. The lowest BCUT2D eigenvalue weighted by Crippen LogP contribution is -2.49. The Morgan fingerprint density at radius 2 is 2.05 bits per heavy atom. The number of aliphatic hydroxyl groups excluding tert-OH is 1. The molecule has 1 aliphatic carbocycles. The van der Waals surface area contributed by atoms with E-state index in [-0.39, 0.29) is 12.1 Å². The Balaban J connectivity index is 1.77. The maximum atomic E-state index is 9.77. The van der Waals surface area contributed by atoms with E-state index >= 15 is 0 Å². The second-order valence-electron chi connectivity index (χ2n) is 6.41. The molecule has 1 aliphatic rings. The van der Waals surface area contributed by atoms with Gasteiger partial charge in [-0.1, -0.05) is 13.0 Å². The number of hydrogen-bond donors (Lipinski definition) is 2. The third-order valence-electron chi connectivity index (χ3n) is 4.61. The number of hydrogen-bond acceptors (Lipinski definition) is 3. The van der Waals surface area contributed by atoms with Crippen LogP contribution < -0.4 is 5.32 Å². The molecule has 0 amide bonds. The molecule has 1 saturated carbocycles. The van der Waals surface area contributed by atoms with Crippen molar-refractivity contribution in [2.24, 2.45) is 0 Å². The van der Waals surface area contributed by atoms with Crippen molar-refractivity contribution in [1.29, 1.82) is 0 Å². The monoisotopic (exact) mass is 307 g/mol. The summed E-state index contributed by atoms with van der Waals surface area (Å²) in [5, 5.41) is 13.4. The predicted molar refractivity (Wildman–Crippen MR) is 92.1 cm³/mol. The first-order chi connectivity index (χ1) is 10.1. The van der Waals surface area contributed by atoms with Gasteiger partial charge >= 0.3 is 0 Å². The summed E-state index contributed by atoms with van der Waals surface area (Å²) in [6, 6.07) is 7.36. The Morgan fingerprint density at radius 3 is 2.62 bits per heavy atom. The average molecular weight is 308 g/mol. The van der Waals surface area contributed by atoms with E-state index in [1.807, 2.05) is 11.8 Å². The highest BCUT2D eigenvalue weighted by Gasteiger charge is 2.33. The van der Waals surface area contributed by atoms with E-state index in [0.29, 0.717) is 6.04 Å². The number of benzene rings is 1. The fourth-order valence-electron chi connectivity index (χ4n) is 2.65. The Hall–Kier alpha value is -0.510. The zero-order valence-electron chi connectivity index (χ0n) is 13.6. The predicted octanol–water partition coefficient (Wildman–Crippen LogP) is 4.07. The van der Waals surface area contributed by atoms with Gasteiger partial charge in [0.25, 0.3) is 0 Å². The summed E-state index contributed by atoms with van der Waals surface area (Å²) in [6.45, 7) is 6.77. The zero-order chi connectivity index (χ0) is 15.3. The fraction of sp³-hybridized carbons (Fsp3) is 0.667. The number of aliphatic hydroxyl groups is 1. The van der Waals surface area contributed by atoms with Crippen LogP contribution in [0.1, 0.15) is 50.2 Å². The van der Waals surface area contributed by atoms with Crippen molar-refractivity contribution in [2.45, 2.75) is 69.4 Å². The van der Waals surface area contributed by atoms with Crippen LogP contribution in [-0.4, -0.2) is 29.0 Å². The Kier molecular flexibility index (Phi) is 6.15. The quantitative estimate of drug-likeness (QED) is 0.533. The van der Waals surface area contributed by atoms with E-state index in [9.17, 15) is 5.11 Å².